The third kappa shape index (κ3) is 2.29. The molecule has 4 nitrogen and oxygen atoms in total. The first-order valence-electron chi connectivity index (χ1n) is 6.86. The summed E-state index contributed by atoms with van der Waals surface area (Å²) in [5.41, 5.74) is 3.13. The van der Waals surface area contributed by atoms with Crippen molar-refractivity contribution < 1.29 is 9.90 Å². The lowest BCUT2D eigenvalue weighted by atomic mass is 10.0. The highest BCUT2D eigenvalue weighted by atomic mass is 16.4. The van der Waals surface area contributed by atoms with Gasteiger partial charge in [0.2, 0.25) is 0 Å². The van der Waals surface area contributed by atoms with Crippen molar-refractivity contribution >= 4 is 16.9 Å². The predicted octanol–water partition coefficient (Wildman–Crippen LogP) is 3.98. The second-order valence-corrected chi connectivity index (χ2v) is 5.31. The molecule has 1 aromatic carbocycles. The number of aromatic nitrogens is 2. The first-order valence-corrected chi connectivity index (χ1v) is 6.86. The summed E-state index contributed by atoms with van der Waals surface area (Å²) in [6.45, 7) is 4.16. The minimum atomic E-state index is -0.905. The van der Waals surface area contributed by atoms with Gasteiger partial charge in [0.25, 0.3) is 0 Å². The molecule has 1 N–H and O–H groups in total. The molecule has 0 aliphatic heterocycles. The highest BCUT2D eigenvalue weighted by Gasteiger charge is 2.15. The maximum absolute atomic E-state index is 11.6. The van der Waals surface area contributed by atoms with E-state index in [1.165, 1.54) is 0 Å². The number of hydrogen-bond donors (Lipinski definition) is 1. The van der Waals surface area contributed by atoms with Gasteiger partial charge < -0.3 is 9.67 Å². The Morgan fingerprint density at radius 2 is 1.86 bits per heavy atom. The van der Waals surface area contributed by atoms with Crippen molar-refractivity contribution in [2.45, 2.75) is 19.9 Å². The highest BCUT2D eigenvalue weighted by Crippen LogP contribution is 2.30. The maximum Gasteiger partial charge on any atom is 0.336 e. The van der Waals surface area contributed by atoms with Gasteiger partial charge in [0.15, 0.2) is 0 Å². The fourth-order valence-corrected chi connectivity index (χ4v) is 2.60. The van der Waals surface area contributed by atoms with Crippen LogP contribution in [0.2, 0.25) is 0 Å². The van der Waals surface area contributed by atoms with Gasteiger partial charge in [-0.1, -0.05) is 0 Å². The van der Waals surface area contributed by atoms with Gasteiger partial charge in [-0.3, -0.25) is 4.98 Å². The molecule has 2 aromatic heterocycles. The lowest BCUT2D eigenvalue weighted by molar-refractivity contribution is 0.0699. The fraction of sp³-hybridized carbons (Fsp3) is 0.176. The number of benzene rings is 1. The van der Waals surface area contributed by atoms with E-state index in [4.69, 9.17) is 0 Å². The molecular weight excluding hydrogens is 264 g/mol. The standard InChI is InChI=1S/C17H16N2O2/c1-11(2)19-8-5-14-15(17(20)21)9-13(10-16(14)19)12-3-6-18-7-4-12/h3-11H,1-2H3,(H,20,21). The van der Waals surface area contributed by atoms with E-state index < -0.39 is 5.97 Å². The van der Waals surface area contributed by atoms with Crippen LogP contribution in [0.3, 0.4) is 0 Å². The van der Waals surface area contributed by atoms with Crippen LogP contribution in [0.5, 0.6) is 0 Å². The number of carbonyl (C=O) groups is 1. The van der Waals surface area contributed by atoms with Gasteiger partial charge in [0.05, 0.1) is 5.56 Å². The Balaban J connectivity index is 2.32. The number of pyridine rings is 1. The van der Waals surface area contributed by atoms with E-state index in [0.29, 0.717) is 5.56 Å². The molecule has 0 aliphatic rings. The average Bonchev–Trinajstić information content (AvgIpc) is 2.90. The Hall–Kier alpha value is -2.62. The molecule has 0 amide bonds. The van der Waals surface area contributed by atoms with E-state index in [-0.39, 0.29) is 6.04 Å². The van der Waals surface area contributed by atoms with Crippen molar-refractivity contribution in [3.63, 3.8) is 0 Å². The Morgan fingerprint density at radius 3 is 2.48 bits per heavy atom. The molecule has 0 spiro atoms. The summed E-state index contributed by atoms with van der Waals surface area (Å²) in [5.74, 6) is -0.905. The molecule has 0 radical (unpaired) electrons. The molecule has 2 heterocycles. The average molecular weight is 280 g/mol. The van der Waals surface area contributed by atoms with E-state index in [0.717, 1.165) is 22.0 Å². The lowest BCUT2D eigenvalue weighted by Crippen LogP contribution is -2.01. The molecule has 0 saturated carbocycles. The van der Waals surface area contributed by atoms with Crippen LogP contribution in [0.15, 0.2) is 48.9 Å². The second kappa shape index (κ2) is 5.05. The van der Waals surface area contributed by atoms with Gasteiger partial charge in [-0.25, -0.2) is 4.79 Å². The fourth-order valence-electron chi connectivity index (χ4n) is 2.60. The number of carboxylic acid groups (broad SMARTS) is 1. The van der Waals surface area contributed by atoms with Crippen molar-refractivity contribution in [3.05, 3.63) is 54.5 Å². The lowest BCUT2D eigenvalue weighted by Gasteiger charge is -2.12. The van der Waals surface area contributed by atoms with Crippen LogP contribution < -0.4 is 0 Å². The van der Waals surface area contributed by atoms with Gasteiger partial charge in [-0.05, 0) is 55.3 Å². The highest BCUT2D eigenvalue weighted by molar-refractivity contribution is 6.05. The molecule has 0 unspecified atom stereocenters. The second-order valence-electron chi connectivity index (χ2n) is 5.31. The zero-order valence-electron chi connectivity index (χ0n) is 11.9. The normalized spacial score (nSPS) is 11.2. The third-order valence-corrected chi connectivity index (χ3v) is 3.64. The van der Waals surface area contributed by atoms with E-state index in [2.05, 4.69) is 23.4 Å². The van der Waals surface area contributed by atoms with Gasteiger partial charge in [-0.2, -0.15) is 0 Å². The number of fused-ring (bicyclic) bond motifs is 1. The van der Waals surface area contributed by atoms with Gasteiger partial charge in [0, 0.05) is 35.5 Å². The number of hydrogen-bond acceptors (Lipinski definition) is 2. The summed E-state index contributed by atoms with van der Waals surface area (Å²) in [6.07, 6.45) is 5.36. The molecule has 4 heteroatoms. The van der Waals surface area contributed by atoms with Gasteiger partial charge in [0.1, 0.15) is 0 Å². The summed E-state index contributed by atoms with van der Waals surface area (Å²) in [4.78, 5) is 15.6. The van der Waals surface area contributed by atoms with E-state index in [1.54, 1.807) is 18.5 Å². The number of nitrogens with zero attached hydrogens (tertiary/aromatic N) is 2. The van der Waals surface area contributed by atoms with Crippen LogP contribution in [0, 0.1) is 0 Å². The van der Waals surface area contributed by atoms with Crippen LogP contribution in [0.1, 0.15) is 30.2 Å². The zero-order chi connectivity index (χ0) is 15.0. The summed E-state index contributed by atoms with van der Waals surface area (Å²) in [7, 11) is 0. The molecule has 0 saturated heterocycles. The topological polar surface area (TPSA) is 55.1 Å². The Kier molecular flexibility index (Phi) is 3.22. The molecule has 0 bridgehead atoms. The van der Waals surface area contributed by atoms with E-state index in [1.807, 2.05) is 30.5 Å². The van der Waals surface area contributed by atoms with Crippen LogP contribution in [-0.4, -0.2) is 20.6 Å². The largest absolute Gasteiger partial charge is 0.478 e. The number of carboxylic acids is 1. The summed E-state index contributed by atoms with van der Waals surface area (Å²) in [6, 6.07) is 9.68. The minimum absolute atomic E-state index is 0.275. The predicted molar refractivity (Wildman–Crippen MR) is 82.5 cm³/mol. The van der Waals surface area contributed by atoms with Crippen molar-refractivity contribution in [3.8, 4) is 11.1 Å². The van der Waals surface area contributed by atoms with Crippen molar-refractivity contribution in [1.29, 1.82) is 0 Å². The molecule has 0 fully saturated rings. The minimum Gasteiger partial charge on any atom is -0.478 e. The Bertz CT molecular complexity index is 804. The molecule has 0 atom stereocenters. The van der Waals surface area contributed by atoms with Crippen LogP contribution in [-0.2, 0) is 0 Å². The van der Waals surface area contributed by atoms with Crippen LogP contribution in [0.4, 0.5) is 0 Å². The van der Waals surface area contributed by atoms with Crippen LogP contribution >= 0.6 is 0 Å². The zero-order valence-corrected chi connectivity index (χ0v) is 11.9. The molecule has 0 aliphatic carbocycles. The first kappa shape index (κ1) is 13.4. The third-order valence-electron chi connectivity index (χ3n) is 3.64. The molecule has 21 heavy (non-hydrogen) atoms. The quantitative estimate of drug-likeness (QED) is 0.789. The maximum atomic E-state index is 11.6. The number of rotatable bonds is 3. The number of aromatic carboxylic acids is 1. The molecule has 3 aromatic rings. The van der Waals surface area contributed by atoms with Gasteiger partial charge >= 0.3 is 5.97 Å². The summed E-state index contributed by atoms with van der Waals surface area (Å²) in [5, 5.41) is 10.3. The monoisotopic (exact) mass is 280 g/mol. The van der Waals surface area contributed by atoms with Crippen molar-refractivity contribution in [2.75, 3.05) is 0 Å². The van der Waals surface area contributed by atoms with E-state index in [9.17, 15) is 9.90 Å². The SMILES string of the molecule is CC(C)n1ccc2c(C(=O)O)cc(-c3ccncc3)cc21. The van der Waals surface area contributed by atoms with Crippen molar-refractivity contribution in [2.24, 2.45) is 0 Å². The summed E-state index contributed by atoms with van der Waals surface area (Å²) < 4.78 is 2.09. The molecular formula is C17H16N2O2. The molecule has 3 rings (SSSR count). The first-order chi connectivity index (χ1) is 10.1. The van der Waals surface area contributed by atoms with Gasteiger partial charge in [-0.15, -0.1) is 0 Å². The molecule has 106 valence electrons. The van der Waals surface area contributed by atoms with Crippen molar-refractivity contribution in [1.82, 2.24) is 9.55 Å². The van der Waals surface area contributed by atoms with Crippen LogP contribution in [0.25, 0.3) is 22.0 Å². The smallest absolute Gasteiger partial charge is 0.336 e. The Labute approximate surface area is 122 Å². The summed E-state index contributed by atoms with van der Waals surface area (Å²) >= 11 is 0. The Morgan fingerprint density at radius 1 is 1.14 bits per heavy atom. The van der Waals surface area contributed by atoms with E-state index >= 15 is 0 Å².